The molecule has 13 heteroatoms. The third kappa shape index (κ3) is 6.72. The number of rotatable bonds is 6. The fourth-order valence-electron chi connectivity index (χ4n) is 8.25. The van der Waals surface area contributed by atoms with Crippen LogP contribution in [0.25, 0.3) is 0 Å². The lowest BCUT2D eigenvalue weighted by molar-refractivity contribution is -0.149. The second kappa shape index (κ2) is 13.8. The standard InChI is InChI=1S/C35H49N5O7S/c1-34-19-12-20-40(34)30(41)27(17-9-4-2-3-8-16-26-21-35(26,32(43)44)38-31(34)42)36-33(45)37-28(24-13-6-5-7-14-24)23-39-22-25-15-10-11-18-29(25)48(39,46)47/h8,10-11,15-16,18,24,26-28H,2-7,9,12-14,17,19-23H2,1H3,(H,38,42)(H,43,44)(H2,36,37,45)/b16-8-/t26?,27-,28?,34?,35+/m0/s1. The predicted molar refractivity (Wildman–Crippen MR) is 178 cm³/mol. The van der Waals surface area contributed by atoms with Gasteiger partial charge < -0.3 is 26.0 Å². The van der Waals surface area contributed by atoms with Crippen LogP contribution in [-0.2, 0) is 31.0 Å². The van der Waals surface area contributed by atoms with Crippen molar-refractivity contribution in [3.8, 4) is 0 Å². The molecular weight excluding hydrogens is 634 g/mol. The summed E-state index contributed by atoms with van der Waals surface area (Å²) in [6.45, 7) is 2.39. The first-order valence-electron chi connectivity index (χ1n) is 17.6. The van der Waals surface area contributed by atoms with Gasteiger partial charge >= 0.3 is 12.0 Å². The number of benzene rings is 1. The highest BCUT2D eigenvalue weighted by Crippen LogP contribution is 2.46. The lowest BCUT2D eigenvalue weighted by Crippen LogP contribution is -2.63. The molecule has 1 aromatic carbocycles. The zero-order valence-corrected chi connectivity index (χ0v) is 28.6. The van der Waals surface area contributed by atoms with Gasteiger partial charge in [-0.3, -0.25) is 9.59 Å². The Labute approximate surface area is 283 Å². The summed E-state index contributed by atoms with van der Waals surface area (Å²) >= 11 is 0. The zero-order valence-electron chi connectivity index (χ0n) is 27.8. The number of nitrogens with one attached hydrogen (secondary N) is 3. The fraction of sp³-hybridized carbons (Fsp3) is 0.657. The maximum atomic E-state index is 14.2. The minimum absolute atomic E-state index is 0.0958. The van der Waals surface area contributed by atoms with Crippen molar-refractivity contribution in [2.24, 2.45) is 11.8 Å². The van der Waals surface area contributed by atoms with Crippen LogP contribution in [0.1, 0.15) is 96.0 Å². The van der Waals surface area contributed by atoms with E-state index in [2.05, 4.69) is 16.0 Å². The number of carboxylic acid groups (broad SMARTS) is 1. The quantitative estimate of drug-likeness (QED) is 0.332. The Hall–Kier alpha value is -3.45. The molecule has 48 heavy (non-hydrogen) atoms. The number of sulfonamides is 1. The summed E-state index contributed by atoms with van der Waals surface area (Å²) in [4.78, 5) is 55.8. The summed E-state index contributed by atoms with van der Waals surface area (Å²) in [6.07, 6.45) is 13.5. The summed E-state index contributed by atoms with van der Waals surface area (Å²) in [7, 11) is -3.69. The van der Waals surface area contributed by atoms with Crippen molar-refractivity contribution in [1.82, 2.24) is 25.2 Å². The van der Waals surface area contributed by atoms with Crippen molar-refractivity contribution in [3.63, 3.8) is 0 Å². The van der Waals surface area contributed by atoms with E-state index in [4.69, 9.17) is 0 Å². The number of amides is 4. The second-order valence-corrected chi connectivity index (χ2v) is 16.5. The van der Waals surface area contributed by atoms with Crippen molar-refractivity contribution < 1.29 is 32.7 Å². The highest BCUT2D eigenvalue weighted by atomic mass is 32.2. The topological polar surface area (TPSA) is 165 Å². The van der Waals surface area contributed by atoms with Crippen LogP contribution >= 0.6 is 0 Å². The molecule has 4 amide bonds. The molecule has 0 spiro atoms. The largest absolute Gasteiger partial charge is 0.479 e. The number of nitrogens with zero attached hydrogens (tertiary/aromatic N) is 2. The Bertz CT molecular complexity index is 1560. The SMILES string of the molecule is CC12CCCN1C(=O)[C@@H](NC(=O)NC(CN1Cc3ccccc3S1(=O)=O)C1CCCCC1)CCCCC/C=C\C1C[C@@]1(C(=O)O)NC2=O. The maximum absolute atomic E-state index is 14.2. The smallest absolute Gasteiger partial charge is 0.330 e. The molecule has 12 nitrogen and oxygen atoms in total. The van der Waals surface area contributed by atoms with Crippen LogP contribution < -0.4 is 16.0 Å². The minimum atomic E-state index is -3.69. The number of carboxylic acids is 1. The predicted octanol–water partition coefficient (Wildman–Crippen LogP) is 3.67. The van der Waals surface area contributed by atoms with E-state index < -0.39 is 51.1 Å². The molecule has 3 fully saturated rings. The van der Waals surface area contributed by atoms with Crippen LogP contribution in [0.3, 0.4) is 0 Å². The minimum Gasteiger partial charge on any atom is -0.479 e. The van der Waals surface area contributed by atoms with E-state index in [0.717, 1.165) is 56.9 Å². The molecule has 0 aromatic heterocycles. The summed E-state index contributed by atoms with van der Waals surface area (Å²) in [5, 5.41) is 18.8. The van der Waals surface area contributed by atoms with Gasteiger partial charge in [0.1, 0.15) is 17.1 Å². The molecule has 1 saturated heterocycles. The van der Waals surface area contributed by atoms with Crippen molar-refractivity contribution in [2.75, 3.05) is 13.1 Å². The Balaban J connectivity index is 1.20. The van der Waals surface area contributed by atoms with Crippen molar-refractivity contribution >= 4 is 33.8 Å². The highest BCUT2D eigenvalue weighted by molar-refractivity contribution is 7.89. The van der Waals surface area contributed by atoms with E-state index in [1.54, 1.807) is 19.1 Å². The van der Waals surface area contributed by atoms with Crippen molar-refractivity contribution in [3.05, 3.63) is 42.0 Å². The van der Waals surface area contributed by atoms with Crippen LogP contribution in [-0.4, -0.2) is 82.8 Å². The number of hydrogen-bond acceptors (Lipinski definition) is 6. The highest BCUT2D eigenvalue weighted by Gasteiger charge is 2.62. The summed E-state index contributed by atoms with van der Waals surface area (Å²) < 4.78 is 28.3. The molecule has 4 N–H and O–H groups in total. The molecule has 2 aliphatic carbocycles. The molecule has 5 atom stereocenters. The Morgan fingerprint density at radius 2 is 1.77 bits per heavy atom. The summed E-state index contributed by atoms with van der Waals surface area (Å²) in [6, 6.07) is 5.10. The molecular formula is C35H49N5O7S. The van der Waals surface area contributed by atoms with Gasteiger partial charge in [-0.25, -0.2) is 18.0 Å². The lowest BCUT2D eigenvalue weighted by Gasteiger charge is -2.37. The van der Waals surface area contributed by atoms with E-state index >= 15 is 0 Å². The number of allylic oxidation sites excluding steroid dienone is 1. The number of urea groups is 1. The molecule has 3 aliphatic heterocycles. The molecule has 262 valence electrons. The van der Waals surface area contributed by atoms with Crippen LogP contribution in [0, 0.1) is 11.8 Å². The first kappa shape index (κ1) is 34.4. The van der Waals surface area contributed by atoms with Gasteiger partial charge in [0.2, 0.25) is 21.8 Å². The van der Waals surface area contributed by atoms with Gasteiger partial charge in [0.15, 0.2) is 0 Å². The van der Waals surface area contributed by atoms with Crippen LogP contribution in [0.5, 0.6) is 0 Å². The van der Waals surface area contributed by atoms with Gasteiger partial charge in [0.25, 0.3) is 0 Å². The van der Waals surface area contributed by atoms with E-state index in [9.17, 15) is 32.7 Å². The van der Waals surface area contributed by atoms with Crippen LogP contribution in [0.15, 0.2) is 41.3 Å². The Morgan fingerprint density at radius 3 is 2.52 bits per heavy atom. The van der Waals surface area contributed by atoms with E-state index in [-0.39, 0.29) is 30.8 Å². The van der Waals surface area contributed by atoms with Gasteiger partial charge in [-0.1, -0.05) is 62.5 Å². The molecule has 0 radical (unpaired) electrons. The molecule has 3 unspecified atom stereocenters. The summed E-state index contributed by atoms with van der Waals surface area (Å²) in [5.41, 5.74) is -1.88. The first-order chi connectivity index (χ1) is 23.0. The zero-order chi connectivity index (χ0) is 34.1. The van der Waals surface area contributed by atoms with Crippen molar-refractivity contribution in [2.45, 2.75) is 125 Å². The van der Waals surface area contributed by atoms with Gasteiger partial charge in [0.05, 0.1) is 4.90 Å². The third-order valence-electron chi connectivity index (χ3n) is 11.3. The molecule has 0 bridgehead atoms. The number of carbonyl (C=O) groups is 4. The van der Waals surface area contributed by atoms with Crippen molar-refractivity contribution in [1.29, 1.82) is 0 Å². The first-order valence-corrected chi connectivity index (χ1v) is 19.1. The molecule has 1 aromatic rings. The number of fused-ring (bicyclic) bond motifs is 3. The number of aliphatic carboxylic acids is 1. The molecule has 5 aliphatic rings. The average molecular weight is 684 g/mol. The monoisotopic (exact) mass is 683 g/mol. The second-order valence-electron chi connectivity index (χ2n) is 14.6. The van der Waals surface area contributed by atoms with Crippen LogP contribution in [0.2, 0.25) is 0 Å². The normalized spacial score (nSPS) is 32.4. The van der Waals surface area contributed by atoms with Gasteiger partial charge in [0, 0.05) is 31.6 Å². The average Bonchev–Trinajstić information content (AvgIpc) is 3.52. The molecule has 2 saturated carbocycles. The van der Waals surface area contributed by atoms with Gasteiger partial charge in [-0.2, -0.15) is 4.31 Å². The Morgan fingerprint density at radius 1 is 1.04 bits per heavy atom. The van der Waals surface area contributed by atoms with Gasteiger partial charge in [-0.15, -0.1) is 0 Å². The maximum Gasteiger partial charge on any atom is 0.330 e. The molecule has 3 heterocycles. The Kier molecular flexibility index (Phi) is 9.90. The fourth-order valence-corrected chi connectivity index (χ4v) is 9.90. The van der Waals surface area contributed by atoms with Gasteiger partial charge in [-0.05, 0) is 75.8 Å². The summed E-state index contributed by atoms with van der Waals surface area (Å²) in [5.74, 6) is -2.13. The van der Waals surface area contributed by atoms with E-state index in [1.807, 2.05) is 24.3 Å². The lowest BCUT2D eigenvalue weighted by atomic mass is 9.84. The van der Waals surface area contributed by atoms with Crippen LogP contribution in [0.4, 0.5) is 4.79 Å². The molecule has 6 rings (SSSR count). The number of carbonyl (C=O) groups excluding carboxylic acids is 3. The number of hydrogen-bond donors (Lipinski definition) is 4. The van der Waals surface area contributed by atoms with E-state index in [0.29, 0.717) is 43.5 Å². The van der Waals surface area contributed by atoms with E-state index in [1.165, 1.54) is 9.21 Å². The third-order valence-corrected chi connectivity index (χ3v) is 13.2.